The molecule has 0 rings (SSSR count). The lowest BCUT2D eigenvalue weighted by Crippen LogP contribution is -2.42. The fraction of sp³-hybridized carbons (Fsp3) is 0.917. The molecule has 3 heteroatoms. The van der Waals surface area contributed by atoms with Crippen LogP contribution in [0.15, 0.2) is 0 Å². The number of nitrogens with zero attached hydrogens (tertiary/aromatic N) is 1. The Labute approximate surface area is 93.5 Å². The van der Waals surface area contributed by atoms with E-state index in [1.165, 1.54) is 12.8 Å². The van der Waals surface area contributed by atoms with Crippen molar-refractivity contribution in [2.75, 3.05) is 7.05 Å². The Kier molecular flexibility index (Phi) is 7.39. The highest BCUT2D eigenvalue weighted by molar-refractivity contribution is 5.73. The molecule has 0 radical (unpaired) electrons. The third-order valence-corrected chi connectivity index (χ3v) is 2.92. The van der Waals surface area contributed by atoms with Crippen LogP contribution < -0.4 is 0 Å². The highest BCUT2D eigenvalue weighted by Gasteiger charge is 2.23. The molecule has 90 valence electrons. The van der Waals surface area contributed by atoms with Gasteiger partial charge in [-0.05, 0) is 27.3 Å². The van der Waals surface area contributed by atoms with E-state index < -0.39 is 5.97 Å². The van der Waals surface area contributed by atoms with E-state index in [1.54, 1.807) is 0 Å². The van der Waals surface area contributed by atoms with Crippen molar-refractivity contribution < 1.29 is 9.90 Å². The molecule has 1 atom stereocenters. The topological polar surface area (TPSA) is 40.5 Å². The second-order valence-electron chi connectivity index (χ2n) is 4.46. The molecular weight excluding hydrogens is 190 g/mol. The van der Waals surface area contributed by atoms with Gasteiger partial charge in [-0.3, -0.25) is 9.69 Å². The highest BCUT2D eigenvalue weighted by atomic mass is 16.4. The number of carboxylic acid groups (broad SMARTS) is 1. The predicted molar refractivity (Wildman–Crippen MR) is 63.1 cm³/mol. The van der Waals surface area contributed by atoms with Crippen LogP contribution in [0.3, 0.4) is 0 Å². The van der Waals surface area contributed by atoms with E-state index in [0.717, 1.165) is 19.3 Å². The Morgan fingerprint density at radius 1 is 1.27 bits per heavy atom. The van der Waals surface area contributed by atoms with Gasteiger partial charge < -0.3 is 5.11 Å². The van der Waals surface area contributed by atoms with Gasteiger partial charge in [-0.25, -0.2) is 0 Å². The zero-order chi connectivity index (χ0) is 11.8. The number of rotatable bonds is 8. The van der Waals surface area contributed by atoms with Gasteiger partial charge in [-0.2, -0.15) is 0 Å². The summed E-state index contributed by atoms with van der Waals surface area (Å²) in [6, 6.07) is -0.0286. The second kappa shape index (κ2) is 7.69. The number of carbonyl (C=O) groups is 1. The molecule has 0 spiro atoms. The summed E-state index contributed by atoms with van der Waals surface area (Å²) in [4.78, 5) is 13.0. The standard InChI is InChI=1S/C12H25NO2/c1-5-6-7-8-9-11(12(14)15)13(4)10(2)3/h10-11H,5-9H2,1-4H3,(H,14,15). The summed E-state index contributed by atoms with van der Waals surface area (Å²) in [5.41, 5.74) is 0. The molecule has 0 aromatic rings. The maximum atomic E-state index is 11.1. The van der Waals surface area contributed by atoms with Gasteiger partial charge in [0.25, 0.3) is 0 Å². The van der Waals surface area contributed by atoms with Crippen molar-refractivity contribution in [2.24, 2.45) is 0 Å². The third-order valence-electron chi connectivity index (χ3n) is 2.92. The number of aliphatic carboxylic acids is 1. The Balaban J connectivity index is 4.00. The number of carboxylic acids is 1. The lowest BCUT2D eigenvalue weighted by atomic mass is 10.1. The summed E-state index contributed by atoms with van der Waals surface area (Å²) in [6.45, 7) is 6.22. The van der Waals surface area contributed by atoms with Gasteiger partial charge in [-0.15, -0.1) is 0 Å². The molecule has 0 saturated heterocycles. The summed E-state index contributed by atoms with van der Waals surface area (Å²) in [5.74, 6) is -0.692. The molecule has 0 aliphatic heterocycles. The molecule has 0 aliphatic carbocycles. The van der Waals surface area contributed by atoms with Gasteiger partial charge in [-0.1, -0.05) is 32.6 Å². The largest absolute Gasteiger partial charge is 0.480 e. The fourth-order valence-corrected chi connectivity index (χ4v) is 1.63. The minimum atomic E-state index is -0.692. The van der Waals surface area contributed by atoms with Gasteiger partial charge in [0.15, 0.2) is 0 Å². The molecule has 0 aliphatic rings. The minimum Gasteiger partial charge on any atom is -0.480 e. The van der Waals surface area contributed by atoms with E-state index in [9.17, 15) is 4.79 Å². The van der Waals surface area contributed by atoms with Crippen LogP contribution in [0.4, 0.5) is 0 Å². The maximum Gasteiger partial charge on any atom is 0.320 e. The van der Waals surface area contributed by atoms with Crippen molar-refractivity contribution in [3.63, 3.8) is 0 Å². The van der Waals surface area contributed by atoms with Gasteiger partial charge >= 0.3 is 5.97 Å². The van der Waals surface area contributed by atoms with Crippen molar-refractivity contribution in [1.29, 1.82) is 0 Å². The monoisotopic (exact) mass is 215 g/mol. The first-order valence-corrected chi connectivity index (χ1v) is 5.95. The van der Waals surface area contributed by atoms with Gasteiger partial charge in [0, 0.05) is 6.04 Å². The Bertz CT molecular complexity index is 180. The molecule has 15 heavy (non-hydrogen) atoms. The van der Waals surface area contributed by atoms with E-state index in [2.05, 4.69) is 6.92 Å². The smallest absolute Gasteiger partial charge is 0.320 e. The number of unbranched alkanes of at least 4 members (excludes halogenated alkanes) is 3. The minimum absolute atomic E-state index is 0.289. The summed E-state index contributed by atoms with van der Waals surface area (Å²) >= 11 is 0. The maximum absolute atomic E-state index is 11.1. The summed E-state index contributed by atoms with van der Waals surface area (Å²) in [5, 5.41) is 9.11. The van der Waals surface area contributed by atoms with Crippen molar-refractivity contribution in [1.82, 2.24) is 4.90 Å². The number of hydrogen-bond acceptors (Lipinski definition) is 2. The number of likely N-dealkylation sites (N-methyl/N-ethyl adjacent to an activating group) is 1. The van der Waals surface area contributed by atoms with Crippen LogP contribution in [-0.2, 0) is 4.79 Å². The molecule has 0 fully saturated rings. The van der Waals surface area contributed by atoms with E-state index in [4.69, 9.17) is 5.11 Å². The molecule has 1 unspecified atom stereocenters. The third kappa shape index (κ3) is 5.78. The van der Waals surface area contributed by atoms with E-state index >= 15 is 0 Å². The molecule has 0 aromatic carbocycles. The van der Waals surface area contributed by atoms with Crippen molar-refractivity contribution in [3.8, 4) is 0 Å². The summed E-state index contributed by atoms with van der Waals surface area (Å²) in [7, 11) is 1.89. The molecule has 0 aromatic heterocycles. The first kappa shape index (κ1) is 14.4. The van der Waals surface area contributed by atoms with Crippen LogP contribution in [0.1, 0.15) is 52.9 Å². The molecule has 0 saturated carbocycles. The summed E-state index contributed by atoms with van der Waals surface area (Å²) < 4.78 is 0. The van der Waals surface area contributed by atoms with Crippen molar-refractivity contribution >= 4 is 5.97 Å². The first-order chi connectivity index (χ1) is 7.00. The van der Waals surface area contributed by atoms with Gasteiger partial charge in [0.2, 0.25) is 0 Å². The van der Waals surface area contributed by atoms with Crippen LogP contribution >= 0.6 is 0 Å². The molecule has 0 amide bonds. The fourth-order valence-electron chi connectivity index (χ4n) is 1.63. The average molecular weight is 215 g/mol. The molecule has 0 bridgehead atoms. The van der Waals surface area contributed by atoms with Crippen molar-refractivity contribution in [3.05, 3.63) is 0 Å². The second-order valence-corrected chi connectivity index (χ2v) is 4.46. The Morgan fingerprint density at radius 2 is 1.87 bits per heavy atom. The molecular formula is C12H25NO2. The SMILES string of the molecule is CCCCCCC(C(=O)O)N(C)C(C)C. The summed E-state index contributed by atoms with van der Waals surface area (Å²) in [6.07, 6.45) is 5.33. The van der Waals surface area contributed by atoms with Crippen LogP contribution in [0.2, 0.25) is 0 Å². The predicted octanol–water partition coefficient (Wildman–Crippen LogP) is 2.75. The molecule has 0 heterocycles. The van der Waals surface area contributed by atoms with E-state index in [0.29, 0.717) is 0 Å². The Morgan fingerprint density at radius 3 is 2.27 bits per heavy atom. The zero-order valence-electron chi connectivity index (χ0n) is 10.5. The normalized spacial score (nSPS) is 13.5. The average Bonchev–Trinajstić information content (AvgIpc) is 2.16. The lowest BCUT2D eigenvalue weighted by molar-refractivity contribution is -0.143. The van der Waals surface area contributed by atoms with Crippen molar-refractivity contribution in [2.45, 2.75) is 65.0 Å². The van der Waals surface area contributed by atoms with E-state index in [-0.39, 0.29) is 12.1 Å². The van der Waals surface area contributed by atoms with Gasteiger partial charge in [0.05, 0.1) is 0 Å². The van der Waals surface area contributed by atoms with Crippen LogP contribution in [0.25, 0.3) is 0 Å². The Hall–Kier alpha value is -0.570. The lowest BCUT2D eigenvalue weighted by Gasteiger charge is -2.28. The highest BCUT2D eigenvalue weighted by Crippen LogP contribution is 2.12. The van der Waals surface area contributed by atoms with E-state index in [1.807, 2.05) is 25.8 Å². The molecule has 3 nitrogen and oxygen atoms in total. The van der Waals surface area contributed by atoms with Crippen LogP contribution in [0, 0.1) is 0 Å². The quantitative estimate of drug-likeness (QED) is 0.633. The van der Waals surface area contributed by atoms with Crippen LogP contribution in [0.5, 0.6) is 0 Å². The van der Waals surface area contributed by atoms with Gasteiger partial charge in [0.1, 0.15) is 6.04 Å². The first-order valence-electron chi connectivity index (χ1n) is 5.95. The number of hydrogen-bond donors (Lipinski definition) is 1. The van der Waals surface area contributed by atoms with Crippen LogP contribution in [-0.4, -0.2) is 35.1 Å². The molecule has 1 N–H and O–H groups in total. The zero-order valence-corrected chi connectivity index (χ0v) is 10.5.